The Morgan fingerprint density at radius 3 is 2.78 bits per heavy atom. The molecule has 0 aliphatic carbocycles. The molecule has 0 aliphatic heterocycles. The SMILES string of the molecule is COc1cccc(CNC(C)C(=O)Nc2ccc(F)cc2Cl)c1. The van der Waals surface area contributed by atoms with Crippen LogP contribution in [0, 0.1) is 5.82 Å². The van der Waals surface area contributed by atoms with Crippen LogP contribution in [0.15, 0.2) is 42.5 Å². The molecular formula is C17H18ClFN2O2. The maximum Gasteiger partial charge on any atom is 0.241 e. The van der Waals surface area contributed by atoms with Gasteiger partial charge in [-0.05, 0) is 42.8 Å². The average Bonchev–Trinajstić information content (AvgIpc) is 2.55. The second-order valence-electron chi connectivity index (χ2n) is 5.07. The van der Waals surface area contributed by atoms with Gasteiger partial charge in [-0.15, -0.1) is 0 Å². The standard InChI is InChI=1S/C17H18ClFN2O2/c1-11(20-10-12-4-3-5-14(8-12)23-2)17(22)21-16-7-6-13(19)9-15(16)18/h3-9,11,20H,10H2,1-2H3,(H,21,22). The molecule has 2 aromatic carbocycles. The number of hydrogen-bond donors (Lipinski definition) is 2. The van der Waals surface area contributed by atoms with Gasteiger partial charge in [-0.2, -0.15) is 0 Å². The van der Waals surface area contributed by atoms with Crippen LogP contribution in [0.4, 0.5) is 10.1 Å². The van der Waals surface area contributed by atoms with Gasteiger partial charge in [0.2, 0.25) is 5.91 Å². The number of nitrogens with one attached hydrogen (secondary N) is 2. The molecule has 2 rings (SSSR count). The summed E-state index contributed by atoms with van der Waals surface area (Å²) in [6.07, 6.45) is 0. The highest BCUT2D eigenvalue weighted by Gasteiger charge is 2.14. The number of ether oxygens (including phenoxy) is 1. The Labute approximate surface area is 139 Å². The first-order chi connectivity index (χ1) is 11.0. The van der Waals surface area contributed by atoms with Crippen molar-refractivity contribution in [3.8, 4) is 5.75 Å². The first-order valence-corrected chi connectivity index (χ1v) is 7.49. The van der Waals surface area contributed by atoms with Crippen LogP contribution in [0.25, 0.3) is 0 Å². The molecule has 0 fully saturated rings. The van der Waals surface area contributed by atoms with Gasteiger partial charge >= 0.3 is 0 Å². The lowest BCUT2D eigenvalue weighted by molar-refractivity contribution is -0.117. The average molecular weight is 337 g/mol. The van der Waals surface area contributed by atoms with Gasteiger partial charge in [0.1, 0.15) is 11.6 Å². The summed E-state index contributed by atoms with van der Waals surface area (Å²) in [6.45, 7) is 2.26. The van der Waals surface area contributed by atoms with Crippen LogP contribution in [0.2, 0.25) is 5.02 Å². The zero-order chi connectivity index (χ0) is 16.8. The number of halogens is 2. The molecule has 0 radical (unpaired) electrons. The molecule has 1 amide bonds. The van der Waals surface area contributed by atoms with Crippen LogP contribution < -0.4 is 15.4 Å². The van der Waals surface area contributed by atoms with Crippen molar-refractivity contribution in [2.75, 3.05) is 12.4 Å². The predicted octanol–water partition coefficient (Wildman–Crippen LogP) is 3.60. The van der Waals surface area contributed by atoms with E-state index in [1.54, 1.807) is 14.0 Å². The monoisotopic (exact) mass is 336 g/mol. The minimum Gasteiger partial charge on any atom is -0.497 e. The van der Waals surface area contributed by atoms with Crippen molar-refractivity contribution >= 4 is 23.2 Å². The van der Waals surface area contributed by atoms with Gasteiger partial charge in [0.25, 0.3) is 0 Å². The van der Waals surface area contributed by atoms with E-state index in [4.69, 9.17) is 16.3 Å². The number of methoxy groups -OCH3 is 1. The summed E-state index contributed by atoms with van der Waals surface area (Å²) in [7, 11) is 1.61. The molecule has 122 valence electrons. The highest BCUT2D eigenvalue weighted by atomic mass is 35.5. The van der Waals surface area contributed by atoms with Crippen molar-refractivity contribution < 1.29 is 13.9 Å². The lowest BCUT2D eigenvalue weighted by Crippen LogP contribution is -2.37. The number of amides is 1. The third-order valence-corrected chi connectivity index (χ3v) is 3.64. The lowest BCUT2D eigenvalue weighted by atomic mass is 10.2. The van der Waals surface area contributed by atoms with E-state index in [9.17, 15) is 9.18 Å². The molecule has 1 atom stereocenters. The molecule has 23 heavy (non-hydrogen) atoms. The summed E-state index contributed by atoms with van der Waals surface area (Å²) < 4.78 is 18.2. The van der Waals surface area contributed by atoms with Crippen molar-refractivity contribution in [2.45, 2.75) is 19.5 Å². The van der Waals surface area contributed by atoms with Gasteiger partial charge in [-0.1, -0.05) is 23.7 Å². The summed E-state index contributed by atoms with van der Waals surface area (Å²) in [5.41, 5.74) is 1.39. The van der Waals surface area contributed by atoms with E-state index in [-0.39, 0.29) is 10.9 Å². The number of carbonyl (C=O) groups is 1. The molecule has 4 nitrogen and oxygen atoms in total. The predicted molar refractivity (Wildman–Crippen MR) is 89.3 cm³/mol. The van der Waals surface area contributed by atoms with E-state index in [0.29, 0.717) is 12.2 Å². The number of hydrogen-bond acceptors (Lipinski definition) is 3. The first-order valence-electron chi connectivity index (χ1n) is 7.12. The smallest absolute Gasteiger partial charge is 0.241 e. The van der Waals surface area contributed by atoms with E-state index < -0.39 is 11.9 Å². The molecule has 0 saturated heterocycles. The summed E-state index contributed by atoms with van der Waals surface area (Å²) in [5, 5.41) is 5.95. The number of rotatable bonds is 6. The van der Waals surface area contributed by atoms with Crippen LogP contribution >= 0.6 is 11.6 Å². The van der Waals surface area contributed by atoms with Gasteiger partial charge in [0.05, 0.1) is 23.9 Å². The molecule has 0 bridgehead atoms. The Kier molecular flexibility index (Phi) is 5.96. The zero-order valence-corrected chi connectivity index (χ0v) is 13.7. The van der Waals surface area contributed by atoms with Crippen molar-refractivity contribution in [1.82, 2.24) is 5.32 Å². The normalized spacial score (nSPS) is 11.8. The third kappa shape index (κ3) is 4.94. The summed E-state index contributed by atoms with van der Waals surface area (Å²) in [6, 6.07) is 11.0. The Morgan fingerprint density at radius 2 is 2.09 bits per heavy atom. The largest absolute Gasteiger partial charge is 0.497 e. The van der Waals surface area contributed by atoms with Crippen molar-refractivity contribution in [2.24, 2.45) is 0 Å². The lowest BCUT2D eigenvalue weighted by Gasteiger charge is -2.15. The molecule has 0 spiro atoms. The first kappa shape index (κ1) is 17.2. The van der Waals surface area contributed by atoms with E-state index >= 15 is 0 Å². The molecule has 2 aromatic rings. The number of anilines is 1. The molecule has 1 unspecified atom stereocenters. The Balaban J connectivity index is 1.91. The van der Waals surface area contributed by atoms with Gasteiger partial charge in [0.15, 0.2) is 0 Å². The van der Waals surface area contributed by atoms with Gasteiger partial charge < -0.3 is 15.4 Å². The van der Waals surface area contributed by atoms with Crippen LogP contribution in [0.5, 0.6) is 5.75 Å². The minimum atomic E-state index is -0.447. The van der Waals surface area contributed by atoms with Gasteiger partial charge in [-0.25, -0.2) is 4.39 Å². The fourth-order valence-electron chi connectivity index (χ4n) is 1.98. The van der Waals surface area contributed by atoms with Crippen LogP contribution in [-0.2, 0) is 11.3 Å². The summed E-state index contributed by atoms with van der Waals surface area (Å²) >= 11 is 5.90. The zero-order valence-electron chi connectivity index (χ0n) is 12.9. The minimum absolute atomic E-state index is 0.165. The topological polar surface area (TPSA) is 50.4 Å². The van der Waals surface area contributed by atoms with E-state index in [1.807, 2.05) is 24.3 Å². The highest BCUT2D eigenvalue weighted by molar-refractivity contribution is 6.33. The van der Waals surface area contributed by atoms with Crippen LogP contribution in [0.3, 0.4) is 0 Å². The van der Waals surface area contributed by atoms with Crippen molar-refractivity contribution in [3.63, 3.8) is 0 Å². The Hall–Kier alpha value is -2.11. The molecule has 0 heterocycles. The quantitative estimate of drug-likeness (QED) is 0.847. The molecule has 6 heteroatoms. The summed E-state index contributed by atoms with van der Waals surface area (Å²) in [4.78, 5) is 12.1. The molecule has 0 saturated carbocycles. The van der Waals surface area contributed by atoms with E-state index in [2.05, 4.69) is 10.6 Å². The fraction of sp³-hybridized carbons (Fsp3) is 0.235. The maximum atomic E-state index is 13.0. The second kappa shape index (κ2) is 7.94. The van der Waals surface area contributed by atoms with Crippen LogP contribution in [-0.4, -0.2) is 19.1 Å². The fourth-order valence-corrected chi connectivity index (χ4v) is 2.19. The van der Waals surface area contributed by atoms with E-state index in [1.165, 1.54) is 12.1 Å². The second-order valence-corrected chi connectivity index (χ2v) is 5.47. The van der Waals surface area contributed by atoms with Gasteiger partial charge in [-0.3, -0.25) is 4.79 Å². The molecule has 2 N–H and O–H groups in total. The van der Waals surface area contributed by atoms with Gasteiger partial charge in [0, 0.05) is 6.54 Å². The molecule has 0 aromatic heterocycles. The third-order valence-electron chi connectivity index (χ3n) is 3.33. The number of benzene rings is 2. The molecular weight excluding hydrogens is 319 g/mol. The van der Waals surface area contributed by atoms with Crippen LogP contribution in [0.1, 0.15) is 12.5 Å². The molecule has 0 aliphatic rings. The van der Waals surface area contributed by atoms with Crippen molar-refractivity contribution in [1.29, 1.82) is 0 Å². The maximum absolute atomic E-state index is 13.0. The van der Waals surface area contributed by atoms with E-state index in [0.717, 1.165) is 17.4 Å². The highest BCUT2D eigenvalue weighted by Crippen LogP contribution is 2.22. The Bertz CT molecular complexity index is 694. The Morgan fingerprint density at radius 1 is 1.30 bits per heavy atom. The summed E-state index contributed by atoms with van der Waals surface area (Å²) in [5.74, 6) is 0.0677. The number of carbonyl (C=O) groups excluding carboxylic acids is 1. The van der Waals surface area contributed by atoms with Crippen molar-refractivity contribution in [3.05, 3.63) is 58.9 Å².